The summed E-state index contributed by atoms with van der Waals surface area (Å²) < 4.78 is 1.75. The Bertz CT molecular complexity index is 718. The van der Waals surface area contributed by atoms with Crippen molar-refractivity contribution in [3.8, 4) is 0 Å². The maximum Gasteiger partial charge on any atom is 0.343 e. The fourth-order valence-electron chi connectivity index (χ4n) is 3.21. The topological polar surface area (TPSA) is 57.2 Å². The second-order valence-corrected chi connectivity index (χ2v) is 6.55. The van der Waals surface area contributed by atoms with E-state index in [0.717, 1.165) is 63.0 Å². The first-order valence-electron chi connectivity index (χ1n) is 8.54. The summed E-state index contributed by atoms with van der Waals surface area (Å²) in [6.07, 6.45) is 1.74. The quantitative estimate of drug-likeness (QED) is 0.866. The fourth-order valence-corrected chi connectivity index (χ4v) is 3.39. The smallest absolute Gasteiger partial charge is 0.343 e. The summed E-state index contributed by atoms with van der Waals surface area (Å²) in [5.41, 5.74) is 1.09. The van der Waals surface area contributed by atoms with Crippen molar-refractivity contribution in [2.24, 2.45) is 0 Å². The first-order valence-corrected chi connectivity index (χ1v) is 8.92. The number of aryl methyl sites for hydroxylation is 1. The molecule has 1 aromatic heterocycles. The largest absolute Gasteiger partial charge is 0.369 e. The van der Waals surface area contributed by atoms with Gasteiger partial charge >= 0.3 is 5.69 Å². The van der Waals surface area contributed by atoms with Gasteiger partial charge in [-0.05, 0) is 31.2 Å². The van der Waals surface area contributed by atoms with Crippen molar-refractivity contribution in [3.63, 3.8) is 0 Å². The molecule has 0 aliphatic carbocycles. The van der Waals surface area contributed by atoms with Crippen LogP contribution < -0.4 is 10.6 Å². The zero-order valence-corrected chi connectivity index (χ0v) is 14.8. The molecule has 1 aliphatic heterocycles. The minimum Gasteiger partial charge on any atom is -0.369 e. The molecule has 130 valence electrons. The maximum absolute atomic E-state index is 11.7. The number of benzene rings is 1. The summed E-state index contributed by atoms with van der Waals surface area (Å²) in [5, 5.41) is 7.36. The van der Waals surface area contributed by atoms with Crippen LogP contribution in [0.15, 0.2) is 29.1 Å². The molecule has 7 heteroatoms. The van der Waals surface area contributed by atoms with E-state index in [1.54, 1.807) is 4.57 Å². The van der Waals surface area contributed by atoms with E-state index in [2.05, 4.69) is 26.1 Å². The van der Waals surface area contributed by atoms with Crippen molar-refractivity contribution in [3.05, 3.63) is 45.6 Å². The molecule has 0 spiro atoms. The highest BCUT2D eigenvalue weighted by molar-refractivity contribution is 6.30. The molecule has 2 aromatic rings. The van der Waals surface area contributed by atoms with Crippen molar-refractivity contribution in [2.45, 2.75) is 26.3 Å². The molecule has 1 aliphatic rings. The van der Waals surface area contributed by atoms with Crippen LogP contribution in [0.2, 0.25) is 5.02 Å². The van der Waals surface area contributed by atoms with Crippen LogP contribution in [-0.4, -0.2) is 52.4 Å². The van der Waals surface area contributed by atoms with Gasteiger partial charge < -0.3 is 4.90 Å². The monoisotopic (exact) mass is 349 g/mol. The van der Waals surface area contributed by atoms with Crippen LogP contribution in [0.4, 0.5) is 5.69 Å². The van der Waals surface area contributed by atoms with Gasteiger partial charge in [-0.25, -0.2) is 9.89 Å². The number of piperazine rings is 1. The number of nitrogens with zero attached hydrogens (tertiary/aromatic N) is 4. The lowest BCUT2D eigenvalue weighted by Gasteiger charge is -2.36. The molecule has 24 heavy (non-hydrogen) atoms. The number of rotatable bonds is 6. The molecule has 0 atom stereocenters. The SMILES string of the molecule is CCc1n[nH]c(=O)n1CCCN1CCN(c2cccc(Cl)c2)CC1. The zero-order valence-electron chi connectivity index (χ0n) is 14.0. The fraction of sp³-hybridized carbons (Fsp3) is 0.529. The minimum atomic E-state index is -0.0994. The average molecular weight is 350 g/mol. The third-order valence-corrected chi connectivity index (χ3v) is 4.79. The second-order valence-electron chi connectivity index (χ2n) is 6.11. The molecule has 1 N–H and O–H groups in total. The van der Waals surface area contributed by atoms with Crippen molar-refractivity contribution in [2.75, 3.05) is 37.6 Å². The van der Waals surface area contributed by atoms with Crippen LogP contribution >= 0.6 is 11.6 Å². The van der Waals surface area contributed by atoms with Gasteiger partial charge in [0, 0.05) is 49.9 Å². The van der Waals surface area contributed by atoms with Crippen LogP contribution in [0.1, 0.15) is 19.2 Å². The van der Waals surface area contributed by atoms with Crippen LogP contribution in [0.5, 0.6) is 0 Å². The molecule has 0 amide bonds. The highest BCUT2D eigenvalue weighted by Crippen LogP contribution is 2.20. The molecule has 0 bridgehead atoms. The average Bonchev–Trinajstić information content (AvgIpc) is 2.96. The summed E-state index contributed by atoms with van der Waals surface area (Å²) in [5.74, 6) is 0.839. The Morgan fingerprint density at radius 1 is 1.21 bits per heavy atom. The summed E-state index contributed by atoms with van der Waals surface area (Å²) >= 11 is 6.07. The molecule has 0 saturated carbocycles. The normalized spacial score (nSPS) is 15.8. The van der Waals surface area contributed by atoms with Gasteiger partial charge in [0.15, 0.2) is 0 Å². The first-order chi connectivity index (χ1) is 11.7. The number of hydrogen-bond donors (Lipinski definition) is 1. The third kappa shape index (κ3) is 3.99. The van der Waals surface area contributed by atoms with Gasteiger partial charge in [-0.2, -0.15) is 5.10 Å². The lowest BCUT2D eigenvalue weighted by atomic mass is 10.2. The van der Waals surface area contributed by atoms with E-state index < -0.39 is 0 Å². The molecule has 2 heterocycles. The van der Waals surface area contributed by atoms with Gasteiger partial charge in [-0.1, -0.05) is 24.6 Å². The third-order valence-electron chi connectivity index (χ3n) is 4.56. The van der Waals surface area contributed by atoms with Gasteiger partial charge in [-0.3, -0.25) is 9.47 Å². The number of H-pyrrole nitrogens is 1. The van der Waals surface area contributed by atoms with Crippen LogP contribution in [0.3, 0.4) is 0 Å². The van der Waals surface area contributed by atoms with E-state index in [9.17, 15) is 4.79 Å². The Balaban J connectivity index is 1.46. The Kier molecular flexibility index (Phi) is 5.58. The molecule has 3 rings (SSSR count). The predicted molar refractivity (Wildman–Crippen MR) is 96.9 cm³/mol. The standard InChI is InChI=1S/C17H24ClN5O/c1-2-16-19-20-17(24)23(16)8-4-7-21-9-11-22(12-10-21)15-6-3-5-14(18)13-15/h3,5-6,13H,2,4,7-12H2,1H3,(H,20,24). The summed E-state index contributed by atoms with van der Waals surface area (Å²) in [6, 6.07) is 8.04. The number of anilines is 1. The van der Waals surface area contributed by atoms with E-state index in [-0.39, 0.29) is 5.69 Å². The van der Waals surface area contributed by atoms with Gasteiger partial charge in [0.2, 0.25) is 0 Å². The number of halogens is 1. The van der Waals surface area contributed by atoms with Crippen LogP contribution in [0.25, 0.3) is 0 Å². The number of aromatic nitrogens is 3. The first kappa shape index (κ1) is 17.0. The predicted octanol–water partition coefficient (Wildman–Crippen LogP) is 2.00. The van der Waals surface area contributed by atoms with E-state index in [4.69, 9.17) is 11.6 Å². The molecule has 1 saturated heterocycles. The van der Waals surface area contributed by atoms with Crippen molar-refractivity contribution >= 4 is 17.3 Å². The zero-order chi connectivity index (χ0) is 16.9. The van der Waals surface area contributed by atoms with Crippen LogP contribution in [-0.2, 0) is 13.0 Å². The van der Waals surface area contributed by atoms with Crippen LogP contribution in [0, 0.1) is 0 Å². The molecular weight excluding hydrogens is 326 g/mol. The Hall–Kier alpha value is -1.79. The summed E-state index contributed by atoms with van der Waals surface area (Å²) in [4.78, 5) is 16.6. The molecular formula is C17H24ClN5O. The molecule has 0 unspecified atom stereocenters. The van der Waals surface area contributed by atoms with Gasteiger partial charge in [-0.15, -0.1) is 0 Å². The minimum absolute atomic E-state index is 0.0994. The van der Waals surface area contributed by atoms with Crippen molar-refractivity contribution in [1.82, 2.24) is 19.7 Å². The van der Waals surface area contributed by atoms with Gasteiger partial charge in [0.05, 0.1) is 0 Å². The summed E-state index contributed by atoms with van der Waals surface area (Å²) in [7, 11) is 0. The molecule has 0 radical (unpaired) electrons. The number of nitrogens with one attached hydrogen (secondary N) is 1. The highest BCUT2D eigenvalue weighted by Gasteiger charge is 2.17. The maximum atomic E-state index is 11.7. The summed E-state index contributed by atoms with van der Waals surface area (Å²) in [6.45, 7) is 7.83. The lowest BCUT2D eigenvalue weighted by molar-refractivity contribution is 0.250. The Morgan fingerprint density at radius 2 is 2.00 bits per heavy atom. The Labute approximate surface area is 147 Å². The number of hydrogen-bond acceptors (Lipinski definition) is 4. The van der Waals surface area contributed by atoms with Crippen molar-refractivity contribution in [1.29, 1.82) is 0 Å². The van der Waals surface area contributed by atoms with E-state index in [0.29, 0.717) is 0 Å². The van der Waals surface area contributed by atoms with E-state index in [1.807, 2.05) is 25.1 Å². The van der Waals surface area contributed by atoms with E-state index in [1.165, 1.54) is 5.69 Å². The molecule has 1 fully saturated rings. The number of aromatic amines is 1. The van der Waals surface area contributed by atoms with Crippen molar-refractivity contribution < 1.29 is 0 Å². The van der Waals surface area contributed by atoms with Gasteiger partial charge in [0.1, 0.15) is 5.82 Å². The van der Waals surface area contributed by atoms with E-state index >= 15 is 0 Å². The Morgan fingerprint density at radius 3 is 2.71 bits per heavy atom. The highest BCUT2D eigenvalue weighted by atomic mass is 35.5. The molecule has 6 nitrogen and oxygen atoms in total. The van der Waals surface area contributed by atoms with Gasteiger partial charge in [0.25, 0.3) is 0 Å². The lowest BCUT2D eigenvalue weighted by Crippen LogP contribution is -2.46. The second kappa shape index (κ2) is 7.85. The molecule has 1 aromatic carbocycles.